The smallest absolute Gasteiger partial charge is 0.167 e. The van der Waals surface area contributed by atoms with Crippen LogP contribution in [0, 0.1) is 17.8 Å². The standard InChI is InChI=1S/C29H38N2O6/c1-17(34)10-26(35)25(16-33)20(8-9-32)11-18-12-24-23(19-4-6-22(7-5-19)31(2)3)14-21(15-30)29(37)28(24)27(36)13-18/h4-7,14,18,20,25,32-33,37H,8-13,15-16,30H2,1-3H3. The number of carbonyl (C=O) groups is 3. The molecule has 2 aromatic carbocycles. The fourth-order valence-corrected chi connectivity index (χ4v) is 5.49. The lowest BCUT2D eigenvalue weighted by atomic mass is 9.72. The van der Waals surface area contributed by atoms with E-state index in [1.807, 2.05) is 49.3 Å². The average molecular weight is 511 g/mol. The first-order valence-electron chi connectivity index (χ1n) is 12.7. The van der Waals surface area contributed by atoms with E-state index in [2.05, 4.69) is 0 Å². The number of hydrogen-bond donors (Lipinski definition) is 4. The molecule has 0 heterocycles. The highest BCUT2D eigenvalue weighted by atomic mass is 16.3. The summed E-state index contributed by atoms with van der Waals surface area (Å²) < 4.78 is 0. The summed E-state index contributed by atoms with van der Waals surface area (Å²) in [6, 6.07) is 9.78. The summed E-state index contributed by atoms with van der Waals surface area (Å²) in [5.74, 6) is -2.19. The molecule has 8 heteroatoms. The van der Waals surface area contributed by atoms with Gasteiger partial charge in [-0.15, -0.1) is 0 Å². The molecule has 0 saturated heterocycles. The first-order chi connectivity index (χ1) is 17.6. The fourth-order valence-electron chi connectivity index (χ4n) is 5.49. The topological polar surface area (TPSA) is 141 Å². The molecule has 3 unspecified atom stereocenters. The molecular formula is C29H38N2O6. The van der Waals surface area contributed by atoms with E-state index >= 15 is 0 Å². The molecular weight excluding hydrogens is 472 g/mol. The summed E-state index contributed by atoms with van der Waals surface area (Å²) >= 11 is 0. The number of nitrogens with two attached hydrogens (primary N) is 1. The van der Waals surface area contributed by atoms with Gasteiger partial charge in [0.25, 0.3) is 0 Å². The molecule has 0 radical (unpaired) electrons. The number of ketones is 3. The van der Waals surface area contributed by atoms with E-state index in [1.54, 1.807) is 0 Å². The van der Waals surface area contributed by atoms with E-state index in [4.69, 9.17) is 5.73 Å². The van der Waals surface area contributed by atoms with Crippen LogP contribution in [0.5, 0.6) is 5.75 Å². The Morgan fingerprint density at radius 2 is 1.81 bits per heavy atom. The third kappa shape index (κ3) is 6.44. The van der Waals surface area contributed by atoms with Gasteiger partial charge in [0.15, 0.2) is 5.78 Å². The van der Waals surface area contributed by atoms with Crippen molar-refractivity contribution in [2.24, 2.45) is 23.5 Å². The van der Waals surface area contributed by atoms with Crippen LogP contribution in [-0.2, 0) is 22.6 Å². The second kappa shape index (κ2) is 12.4. The van der Waals surface area contributed by atoms with Gasteiger partial charge in [0, 0.05) is 50.8 Å². The Hall–Kier alpha value is -3.07. The molecule has 1 aliphatic carbocycles. The molecule has 1 aliphatic rings. The van der Waals surface area contributed by atoms with Gasteiger partial charge < -0.3 is 26.0 Å². The highest BCUT2D eigenvalue weighted by molar-refractivity contribution is 6.03. The van der Waals surface area contributed by atoms with Gasteiger partial charge in [0.1, 0.15) is 17.3 Å². The van der Waals surface area contributed by atoms with E-state index in [-0.39, 0.29) is 67.3 Å². The lowest BCUT2D eigenvalue weighted by Crippen LogP contribution is -2.32. The van der Waals surface area contributed by atoms with E-state index < -0.39 is 12.5 Å². The average Bonchev–Trinajstić information content (AvgIpc) is 2.84. The highest BCUT2D eigenvalue weighted by Gasteiger charge is 2.35. The second-order valence-corrected chi connectivity index (χ2v) is 10.3. The number of anilines is 1. The molecule has 0 fully saturated rings. The van der Waals surface area contributed by atoms with Crippen molar-refractivity contribution in [1.29, 1.82) is 0 Å². The lowest BCUT2D eigenvalue weighted by molar-refractivity contribution is -0.131. The molecule has 0 saturated carbocycles. The predicted octanol–water partition coefficient (Wildman–Crippen LogP) is 2.87. The molecule has 5 N–H and O–H groups in total. The van der Waals surface area contributed by atoms with E-state index in [9.17, 15) is 29.7 Å². The number of phenols is 1. The molecule has 0 bridgehead atoms. The van der Waals surface area contributed by atoms with Crippen LogP contribution >= 0.6 is 0 Å². The van der Waals surface area contributed by atoms with Crippen LogP contribution in [-0.4, -0.2) is 60.0 Å². The summed E-state index contributed by atoms with van der Waals surface area (Å²) in [4.78, 5) is 39.5. The Labute approximate surface area is 218 Å². The maximum atomic E-state index is 13.4. The third-order valence-electron chi connectivity index (χ3n) is 7.39. The number of phenolic OH excluding ortho intramolecular Hbond substituents is 1. The number of fused-ring (bicyclic) bond motifs is 1. The van der Waals surface area contributed by atoms with Gasteiger partial charge in [0.05, 0.1) is 18.6 Å². The Bertz CT molecular complexity index is 1140. The largest absolute Gasteiger partial charge is 0.507 e. The van der Waals surface area contributed by atoms with Crippen molar-refractivity contribution >= 4 is 23.0 Å². The molecule has 2 aromatic rings. The van der Waals surface area contributed by atoms with E-state index in [1.165, 1.54) is 6.92 Å². The first kappa shape index (κ1) is 28.5. The SMILES string of the molecule is CC(=O)CC(=O)C(CO)C(CCO)CC1CC(=O)c2c(O)c(CN)cc(-c3ccc(N(C)C)cc3)c2C1. The Morgan fingerprint density at radius 3 is 2.35 bits per heavy atom. The summed E-state index contributed by atoms with van der Waals surface area (Å²) in [6.45, 7) is 0.834. The number of carbonyl (C=O) groups excluding carboxylic acids is 3. The van der Waals surface area contributed by atoms with Crippen molar-refractivity contribution in [1.82, 2.24) is 0 Å². The summed E-state index contributed by atoms with van der Waals surface area (Å²) in [5.41, 5.74) is 10.2. The van der Waals surface area contributed by atoms with Crippen LogP contribution in [0.3, 0.4) is 0 Å². The Morgan fingerprint density at radius 1 is 1.14 bits per heavy atom. The molecule has 0 aromatic heterocycles. The summed E-state index contributed by atoms with van der Waals surface area (Å²) in [5, 5.41) is 30.5. The number of benzene rings is 2. The minimum atomic E-state index is -0.779. The zero-order valence-corrected chi connectivity index (χ0v) is 21.9. The second-order valence-electron chi connectivity index (χ2n) is 10.3. The van der Waals surface area contributed by atoms with Gasteiger partial charge in [-0.1, -0.05) is 12.1 Å². The minimum absolute atomic E-state index is 0.0774. The normalized spacial score (nSPS) is 16.7. The van der Waals surface area contributed by atoms with Gasteiger partial charge in [-0.2, -0.15) is 0 Å². The van der Waals surface area contributed by atoms with E-state index in [0.29, 0.717) is 24.0 Å². The molecule has 3 atom stereocenters. The number of nitrogens with zero attached hydrogens (tertiary/aromatic N) is 1. The summed E-state index contributed by atoms with van der Waals surface area (Å²) in [6.07, 6.45) is 1.11. The highest BCUT2D eigenvalue weighted by Crippen LogP contribution is 2.43. The predicted molar refractivity (Wildman–Crippen MR) is 143 cm³/mol. The van der Waals surface area contributed by atoms with Crippen molar-refractivity contribution in [3.05, 3.63) is 47.0 Å². The van der Waals surface area contributed by atoms with Crippen molar-refractivity contribution in [3.63, 3.8) is 0 Å². The van der Waals surface area contributed by atoms with Gasteiger partial charge in [-0.25, -0.2) is 0 Å². The number of aliphatic hydroxyl groups excluding tert-OH is 2. The minimum Gasteiger partial charge on any atom is -0.507 e. The van der Waals surface area contributed by atoms with Gasteiger partial charge in [0.2, 0.25) is 0 Å². The van der Waals surface area contributed by atoms with Crippen LogP contribution in [0.2, 0.25) is 0 Å². The number of Topliss-reactive ketones (excluding diaryl/α,β-unsaturated/α-hetero) is 3. The van der Waals surface area contributed by atoms with Crippen molar-refractivity contribution in [2.75, 3.05) is 32.2 Å². The van der Waals surface area contributed by atoms with Crippen molar-refractivity contribution in [2.45, 2.75) is 45.6 Å². The molecule has 0 spiro atoms. The van der Waals surface area contributed by atoms with Crippen molar-refractivity contribution in [3.8, 4) is 16.9 Å². The molecule has 0 amide bonds. The molecule has 37 heavy (non-hydrogen) atoms. The fraction of sp³-hybridized carbons (Fsp3) is 0.483. The van der Waals surface area contributed by atoms with Crippen LogP contribution in [0.25, 0.3) is 11.1 Å². The monoisotopic (exact) mass is 510 g/mol. The number of aromatic hydroxyl groups is 1. The number of rotatable bonds is 12. The first-order valence-corrected chi connectivity index (χ1v) is 12.7. The van der Waals surface area contributed by atoms with Gasteiger partial charge >= 0.3 is 0 Å². The Kier molecular flexibility index (Phi) is 9.59. The molecule has 0 aliphatic heterocycles. The van der Waals surface area contributed by atoms with Gasteiger partial charge in [-0.3, -0.25) is 14.4 Å². The number of hydrogen-bond acceptors (Lipinski definition) is 8. The molecule has 200 valence electrons. The summed E-state index contributed by atoms with van der Waals surface area (Å²) in [7, 11) is 3.91. The van der Waals surface area contributed by atoms with Crippen molar-refractivity contribution < 1.29 is 29.7 Å². The quantitative estimate of drug-likeness (QED) is 0.320. The molecule has 3 rings (SSSR count). The van der Waals surface area contributed by atoms with Crippen LogP contribution in [0.1, 0.15) is 54.1 Å². The lowest BCUT2D eigenvalue weighted by Gasteiger charge is -2.32. The number of aliphatic hydroxyl groups is 2. The van der Waals surface area contributed by atoms with Gasteiger partial charge in [-0.05, 0) is 72.9 Å². The van der Waals surface area contributed by atoms with E-state index in [0.717, 1.165) is 22.4 Å². The zero-order chi connectivity index (χ0) is 27.3. The zero-order valence-electron chi connectivity index (χ0n) is 21.9. The Balaban J connectivity index is 2.00. The van der Waals surface area contributed by atoms with Crippen LogP contribution in [0.15, 0.2) is 30.3 Å². The maximum Gasteiger partial charge on any atom is 0.167 e. The van der Waals surface area contributed by atoms with Crippen LogP contribution < -0.4 is 10.6 Å². The third-order valence-corrected chi connectivity index (χ3v) is 7.39. The molecule has 8 nitrogen and oxygen atoms in total. The van der Waals surface area contributed by atoms with Crippen LogP contribution in [0.4, 0.5) is 5.69 Å². The maximum absolute atomic E-state index is 13.4.